The number of imide groups is 1. The van der Waals surface area contributed by atoms with Gasteiger partial charge in [0, 0.05) is 11.4 Å². The van der Waals surface area contributed by atoms with Gasteiger partial charge in [-0.05, 0) is 36.4 Å². The normalized spacial score (nSPS) is 23.9. The number of carbonyl (C=O) groups excluding carboxylic acids is 4. The number of morpholine rings is 1. The van der Waals surface area contributed by atoms with Crippen LogP contribution in [0.25, 0.3) is 0 Å². The maximum Gasteiger partial charge on any atom is 0.414 e. The number of rotatable bonds is 4. The van der Waals surface area contributed by atoms with Crippen LogP contribution in [0.1, 0.15) is 20.7 Å². The fourth-order valence-corrected chi connectivity index (χ4v) is 4.26. The Labute approximate surface area is 206 Å². The molecular formula is C22H19N3O12. The molecule has 6 N–H and O–H groups in total. The molecule has 194 valence electrons. The van der Waals surface area contributed by atoms with Crippen LogP contribution < -0.4 is 9.80 Å². The van der Waals surface area contributed by atoms with Gasteiger partial charge in [-0.25, -0.2) is 9.69 Å². The molecule has 3 heterocycles. The molecular weight excluding hydrogens is 498 g/mol. The largest absolute Gasteiger partial charge is 0.442 e. The Hall–Kier alpha value is -3.96. The van der Waals surface area contributed by atoms with Crippen molar-refractivity contribution in [1.29, 1.82) is 0 Å². The first-order valence-corrected chi connectivity index (χ1v) is 10.7. The zero-order valence-electron chi connectivity index (χ0n) is 18.6. The van der Waals surface area contributed by atoms with Crippen LogP contribution in [-0.2, 0) is 14.3 Å². The SMILES string of the molecule is O=C1c2ccccc2C(=O)N1CC1CN(c2ccc(N3C(=O)C(O)(O)OC(O)(O)C3(O)O)cc2)C(=O)O1. The standard InChI is InChI=1S/C22H19N3O12/c26-16-14-3-1-2-4-15(14)17(27)24(16)10-13-9-23(19(29)36-13)11-5-7-12(8-6-11)25-18(28)20(30,31)37-22(34,35)21(25,32)33/h1-8,13,30-35H,9-10H2. The maximum absolute atomic E-state index is 12.6. The first-order chi connectivity index (χ1) is 17.2. The van der Waals surface area contributed by atoms with E-state index in [9.17, 15) is 49.8 Å². The molecule has 1 atom stereocenters. The van der Waals surface area contributed by atoms with Gasteiger partial charge in [0.05, 0.1) is 24.2 Å². The third kappa shape index (κ3) is 3.73. The van der Waals surface area contributed by atoms with Crippen molar-refractivity contribution in [2.24, 2.45) is 0 Å². The first-order valence-electron chi connectivity index (χ1n) is 10.7. The summed E-state index contributed by atoms with van der Waals surface area (Å²) < 4.78 is 9.16. The lowest BCUT2D eigenvalue weighted by molar-refractivity contribution is -0.532. The predicted octanol–water partition coefficient (Wildman–Crippen LogP) is -2.41. The van der Waals surface area contributed by atoms with Crippen molar-refractivity contribution in [2.45, 2.75) is 24.0 Å². The van der Waals surface area contributed by atoms with Gasteiger partial charge in [-0.3, -0.25) is 28.9 Å². The van der Waals surface area contributed by atoms with Gasteiger partial charge in [0.2, 0.25) is 0 Å². The average Bonchev–Trinajstić information content (AvgIpc) is 3.31. The molecule has 2 aromatic carbocycles. The fraction of sp³-hybridized carbons (Fsp3) is 0.273. The van der Waals surface area contributed by atoms with Crippen LogP contribution in [0.15, 0.2) is 48.5 Å². The molecule has 1 unspecified atom stereocenters. The highest BCUT2D eigenvalue weighted by molar-refractivity contribution is 6.21. The molecule has 15 nitrogen and oxygen atoms in total. The first kappa shape index (κ1) is 24.7. The second-order valence-electron chi connectivity index (χ2n) is 8.49. The van der Waals surface area contributed by atoms with E-state index in [1.54, 1.807) is 12.1 Å². The minimum atomic E-state index is -4.00. The van der Waals surface area contributed by atoms with E-state index in [2.05, 4.69) is 4.74 Å². The fourth-order valence-electron chi connectivity index (χ4n) is 4.26. The van der Waals surface area contributed by atoms with E-state index in [1.165, 1.54) is 24.3 Å². The van der Waals surface area contributed by atoms with Crippen molar-refractivity contribution in [3.63, 3.8) is 0 Å². The van der Waals surface area contributed by atoms with Crippen molar-refractivity contribution in [3.8, 4) is 0 Å². The molecule has 3 aliphatic rings. The molecule has 0 radical (unpaired) electrons. The highest BCUT2D eigenvalue weighted by atomic mass is 16.9. The van der Waals surface area contributed by atoms with Crippen LogP contribution in [0.2, 0.25) is 0 Å². The number of aliphatic hydroxyl groups is 6. The van der Waals surface area contributed by atoms with Crippen molar-refractivity contribution in [3.05, 3.63) is 59.7 Å². The van der Waals surface area contributed by atoms with Crippen LogP contribution in [-0.4, -0.2) is 96.4 Å². The highest BCUT2D eigenvalue weighted by Crippen LogP contribution is 2.38. The molecule has 0 aromatic heterocycles. The molecule has 0 saturated carbocycles. The number of ether oxygens (including phenoxy) is 2. The number of benzene rings is 2. The Morgan fingerprint density at radius 3 is 1.92 bits per heavy atom. The predicted molar refractivity (Wildman–Crippen MR) is 116 cm³/mol. The molecule has 2 saturated heterocycles. The smallest absolute Gasteiger partial charge is 0.414 e. The minimum Gasteiger partial charge on any atom is -0.442 e. The van der Waals surface area contributed by atoms with E-state index in [1.807, 2.05) is 0 Å². The number of hydrogen-bond acceptors (Lipinski definition) is 12. The Balaban J connectivity index is 1.33. The number of fused-ring (bicyclic) bond motifs is 1. The second-order valence-corrected chi connectivity index (χ2v) is 8.49. The summed E-state index contributed by atoms with van der Waals surface area (Å²) in [4.78, 5) is 51.9. The van der Waals surface area contributed by atoms with Crippen LogP contribution in [0.3, 0.4) is 0 Å². The number of amides is 4. The molecule has 37 heavy (non-hydrogen) atoms. The quantitative estimate of drug-likeness (QED) is 0.185. The van der Waals surface area contributed by atoms with Crippen molar-refractivity contribution in [1.82, 2.24) is 4.90 Å². The van der Waals surface area contributed by atoms with Crippen LogP contribution in [0.5, 0.6) is 0 Å². The monoisotopic (exact) mass is 517 g/mol. The zero-order chi connectivity index (χ0) is 26.9. The Morgan fingerprint density at radius 2 is 1.35 bits per heavy atom. The third-order valence-electron chi connectivity index (χ3n) is 6.07. The van der Waals surface area contributed by atoms with Gasteiger partial charge in [0.15, 0.2) is 0 Å². The van der Waals surface area contributed by atoms with E-state index in [-0.39, 0.29) is 34.8 Å². The van der Waals surface area contributed by atoms with Crippen molar-refractivity contribution in [2.75, 3.05) is 22.9 Å². The average molecular weight is 517 g/mol. The molecule has 0 bridgehead atoms. The lowest BCUT2D eigenvalue weighted by Gasteiger charge is -2.48. The number of cyclic esters (lactones) is 1. The lowest BCUT2D eigenvalue weighted by atomic mass is 10.1. The topological polar surface area (TPSA) is 218 Å². The van der Waals surface area contributed by atoms with Gasteiger partial charge in [0.25, 0.3) is 11.8 Å². The van der Waals surface area contributed by atoms with Crippen LogP contribution >= 0.6 is 0 Å². The summed E-state index contributed by atoms with van der Waals surface area (Å²) in [5.41, 5.74) is 0.224. The molecule has 3 aliphatic heterocycles. The number of carbonyl (C=O) groups is 4. The summed E-state index contributed by atoms with van der Waals surface area (Å²) in [5.74, 6) is -14.5. The molecule has 2 fully saturated rings. The minimum absolute atomic E-state index is 0.0706. The Bertz CT molecular complexity index is 1290. The summed E-state index contributed by atoms with van der Waals surface area (Å²) in [6, 6.07) is 10.8. The Kier molecular flexibility index (Phi) is 5.36. The summed E-state index contributed by atoms with van der Waals surface area (Å²) in [5, 5.41) is 58.8. The lowest BCUT2D eigenvalue weighted by Crippen LogP contribution is -2.78. The summed E-state index contributed by atoms with van der Waals surface area (Å²) in [6.45, 7) is -0.268. The number of anilines is 2. The number of hydrogen-bond donors (Lipinski definition) is 6. The third-order valence-corrected chi connectivity index (χ3v) is 6.07. The van der Waals surface area contributed by atoms with E-state index in [4.69, 9.17) is 4.74 Å². The van der Waals surface area contributed by atoms with Crippen molar-refractivity contribution >= 4 is 35.2 Å². The molecule has 4 amide bonds. The van der Waals surface area contributed by atoms with Gasteiger partial charge >= 0.3 is 29.9 Å². The van der Waals surface area contributed by atoms with E-state index < -0.39 is 53.5 Å². The molecule has 0 aliphatic carbocycles. The van der Waals surface area contributed by atoms with Gasteiger partial charge in [-0.2, -0.15) is 0 Å². The molecule has 5 rings (SSSR count). The second kappa shape index (κ2) is 8.02. The summed E-state index contributed by atoms with van der Waals surface area (Å²) in [6.07, 6.45) is -1.68. The van der Waals surface area contributed by atoms with E-state index >= 15 is 0 Å². The van der Waals surface area contributed by atoms with Crippen LogP contribution in [0.4, 0.5) is 16.2 Å². The summed E-state index contributed by atoms with van der Waals surface area (Å²) >= 11 is 0. The van der Waals surface area contributed by atoms with E-state index in [0.29, 0.717) is 0 Å². The summed E-state index contributed by atoms with van der Waals surface area (Å²) in [7, 11) is 0. The highest BCUT2D eigenvalue weighted by Gasteiger charge is 2.68. The van der Waals surface area contributed by atoms with Gasteiger partial charge in [-0.1, -0.05) is 12.1 Å². The molecule has 15 heteroatoms. The number of nitrogens with zero attached hydrogens (tertiary/aromatic N) is 3. The van der Waals surface area contributed by atoms with Crippen molar-refractivity contribution < 1.29 is 59.3 Å². The van der Waals surface area contributed by atoms with Gasteiger partial charge in [-0.15, -0.1) is 0 Å². The Morgan fingerprint density at radius 1 is 0.811 bits per heavy atom. The maximum atomic E-state index is 12.6. The molecule has 2 aromatic rings. The zero-order valence-corrected chi connectivity index (χ0v) is 18.6. The van der Waals surface area contributed by atoms with Gasteiger partial charge in [0.1, 0.15) is 6.10 Å². The van der Waals surface area contributed by atoms with E-state index in [0.717, 1.165) is 21.9 Å². The molecule has 0 spiro atoms. The van der Waals surface area contributed by atoms with Gasteiger partial charge < -0.3 is 35.4 Å². The van der Waals surface area contributed by atoms with Crippen LogP contribution in [0, 0.1) is 0 Å².